The number of hydrogen-bond acceptors (Lipinski definition) is 2. The number of ketones is 1. The highest BCUT2D eigenvalue weighted by Crippen LogP contribution is 2.14. The Bertz CT molecular complexity index is 541. The lowest BCUT2D eigenvalue weighted by Gasteiger charge is -2.04. The minimum absolute atomic E-state index is 0.0377. The summed E-state index contributed by atoms with van der Waals surface area (Å²) in [6.45, 7) is 3.97. The lowest BCUT2D eigenvalue weighted by Crippen LogP contribution is -2.04. The van der Waals surface area contributed by atoms with Gasteiger partial charge in [-0.1, -0.05) is 17.2 Å². The van der Waals surface area contributed by atoms with Crippen molar-refractivity contribution in [2.45, 2.75) is 13.8 Å². The molecule has 17 heavy (non-hydrogen) atoms. The molecule has 1 aromatic heterocycles. The van der Waals surface area contributed by atoms with Gasteiger partial charge >= 0.3 is 0 Å². The van der Waals surface area contributed by atoms with E-state index in [0.29, 0.717) is 11.3 Å². The van der Waals surface area contributed by atoms with E-state index in [4.69, 9.17) is 0 Å². The molecule has 0 amide bonds. The lowest BCUT2D eigenvalue weighted by atomic mass is 10.0. The third-order valence-corrected chi connectivity index (χ3v) is 2.91. The minimum Gasteiger partial charge on any atom is -0.287 e. The van der Waals surface area contributed by atoms with Crippen LogP contribution in [-0.4, -0.2) is 10.8 Å². The SMILES string of the molecule is Cc1cc(C)cc(C(=O)c2ccc(Br)cn2)c1. The Balaban J connectivity index is 2.40. The van der Waals surface area contributed by atoms with Crippen LogP contribution in [-0.2, 0) is 0 Å². The van der Waals surface area contributed by atoms with Crippen LogP contribution in [0.1, 0.15) is 27.2 Å². The third-order valence-electron chi connectivity index (χ3n) is 2.44. The summed E-state index contributed by atoms with van der Waals surface area (Å²) in [6.07, 6.45) is 1.63. The quantitative estimate of drug-likeness (QED) is 0.789. The van der Waals surface area contributed by atoms with Crippen molar-refractivity contribution in [3.63, 3.8) is 0 Å². The molecule has 2 aromatic rings. The predicted molar refractivity (Wildman–Crippen MR) is 71.3 cm³/mol. The second kappa shape index (κ2) is 4.80. The minimum atomic E-state index is -0.0377. The molecule has 0 fully saturated rings. The number of halogens is 1. The summed E-state index contributed by atoms with van der Waals surface area (Å²) in [5.41, 5.74) is 3.34. The van der Waals surface area contributed by atoms with Gasteiger partial charge in [-0.15, -0.1) is 0 Å². The molecule has 0 unspecified atom stereocenters. The summed E-state index contributed by atoms with van der Waals surface area (Å²) in [5, 5.41) is 0. The van der Waals surface area contributed by atoms with Crippen LogP contribution in [0.15, 0.2) is 41.0 Å². The predicted octanol–water partition coefficient (Wildman–Crippen LogP) is 3.69. The molecule has 2 rings (SSSR count). The van der Waals surface area contributed by atoms with E-state index in [-0.39, 0.29) is 5.78 Å². The molecule has 1 aromatic carbocycles. The van der Waals surface area contributed by atoms with Gasteiger partial charge in [0.2, 0.25) is 5.78 Å². The van der Waals surface area contributed by atoms with Crippen LogP contribution in [0.3, 0.4) is 0 Å². The number of hydrogen-bond donors (Lipinski definition) is 0. The number of benzene rings is 1. The molecule has 86 valence electrons. The zero-order valence-electron chi connectivity index (χ0n) is 9.70. The Morgan fingerprint density at radius 1 is 1.12 bits per heavy atom. The van der Waals surface area contributed by atoms with Gasteiger partial charge in [-0.25, -0.2) is 0 Å². The Kier molecular flexibility index (Phi) is 3.38. The highest BCUT2D eigenvalue weighted by atomic mass is 79.9. The molecule has 0 aliphatic rings. The van der Waals surface area contributed by atoms with Crippen LogP contribution in [0.25, 0.3) is 0 Å². The highest BCUT2D eigenvalue weighted by Gasteiger charge is 2.10. The number of carbonyl (C=O) groups is 1. The molecule has 0 aliphatic carbocycles. The normalized spacial score (nSPS) is 10.3. The Morgan fingerprint density at radius 2 is 1.76 bits per heavy atom. The molecular formula is C14H12BrNO. The van der Waals surface area contributed by atoms with Gasteiger partial charge in [0, 0.05) is 16.2 Å². The standard InChI is InChI=1S/C14H12BrNO/c1-9-5-10(2)7-11(6-9)14(17)13-4-3-12(15)8-16-13/h3-8H,1-2H3. The zero-order valence-corrected chi connectivity index (χ0v) is 11.3. The van der Waals surface area contributed by atoms with Crippen molar-refractivity contribution in [2.75, 3.05) is 0 Å². The van der Waals surface area contributed by atoms with E-state index >= 15 is 0 Å². The monoisotopic (exact) mass is 289 g/mol. The molecular weight excluding hydrogens is 278 g/mol. The number of aromatic nitrogens is 1. The van der Waals surface area contributed by atoms with Crippen LogP contribution < -0.4 is 0 Å². The fourth-order valence-corrected chi connectivity index (χ4v) is 2.00. The van der Waals surface area contributed by atoms with Crippen molar-refractivity contribution in [1.29, 1.82) is 0 Å². The first-order valence-corrected chi connectivity index (χ1v) is 6.10. The molecule has 0 aliphatic heterocycles. The van der Waals surface area contributed by atoms with Gasteiger partial charge < -0.3 is 0 Å². The topological polar surface area (TPSA) is 30.0 Å². The van der Waals surface area contributed by atoms with Crippen molar-refractivity contribution >= 4 is 21.7 Å². The number of nitrogens with zero attached hydrogens (tertiary/aromatic N) is 1. The largest absolute Gasteiger partial charge is 0.287 e. The average Bonchev–Trinajstić information content (AvgIpc) is 2.28. The summed E-state index contributed by atoms with van der Waals surface area (Å²) in [4.78, 5) is 16.3. The highest BCUT2D eigenvalue weighted by molar-refractivity contribution is 9.10. The number of aryl methyl sites for hydroxylation is 2. The fourth-order valence-electron chi connectivity index (χ4n) is 1.76. The average molecular weight is 290 g/mol. The van der Waals surface area contributed by atoms with E-state index in [1.54, 1.807) is 12.3 Å². The van der Waals surface area contributed by atoms with Crippen LogP contribution in [0.2, 0.25) is 0 Å². The summed E-state index contributed by atoms with van der Waals surface area (Å²) in [6, 6.07) is 9.37. The maximum atomic E-state index is 12.2. The fraction of sp³-hybridized carbons (Fsp3) is 0.143. The Morgan fingerprint density at radius 3 is 2.29 bits per heavy atom. The molecule has 1 heterocycles. The van der Waals surface area contributed by atoms with Crippen LogP contribution in [0.4, 0.5) is 0 Å². The van der Waals surface area contributed by atoms with Gasteiger partial charge in [0.05, 0.1) is 0 Å². The van der Waals surface area contributed by atoms with E-state index in [9.17, 15) is 4.79 Å². The molecule has 0 N–H and O–H groups in total. The first kappa shape index (κ1) is 12.0. The second-order valence-corrected chi connectivity index (χ2v) is 4.98. The summed E-state index contributed by atoms with van der Waals surface area (Å²) < 4.78 is 0.870. The zero-order chi connectivity index (χ0) is 12.4. The first-order chi connectivity index (χ1) is 8.06. The van der Waals surface area contributed by atoms with Crippen molar-refractivity contribution < 1.29 is 4.79 Å². The maximum absolute atomic E-state index is 12.2. The second-order valence-electron chi connectivity index (χ2n) is 4.07. The molecule has 0 saturated carbocycles. The van der Waals surface area contributed by atoms with Gasteiger partial charge in [0.1, 0.15) is 5.69 Å². The van der Waals surface area contributed by atoms with Crippen molar-refractivity contribution in [3.8, 4) is 0 Å². The molecule has 0 atom stereocenters. The first-order valence-electron chi connectivity index (χ1n) is 5.31. The summed E-state index contributed by atoms with van der Waals surface area (Å²) in [7, 11) is 0. The number of rotatable bonds is 2. The van der Waals surface area contributed by atoms with E-state index in [0.717, 1.165) is 15.6 Å². The van der Waals surface area contributed by atoms with Gasteiger partial charge in [0.25, 0.3) is 0 Å². The van der Waals surface area contributed by atoms with E-state index in [2.05, 4.69) is 20.9 Å². The van der Waals surface area contributed by atoms with Crippen molar-refractivity contribution in [1.82, 2.24) is 4.98 Å². The van der Waals surface area contributed by atoms with Gasteiger partial charge in [-0.2, -0.15) is 0 Å². The van der Waals surface area contributed by atoms with Gasteiger partial charge in [0.15, 0.2) is 0 Å². The van der Waals surface area contributed by atoms with E-state index < -0.39 is 0 Å². The molecule has 0 radical (unpaired) electrons. The van der Waals surface area contributed by atoms with E-state index in [1.807, 2.05) is 38.1 Å². The number of pyridine rings is 1. The van der Waals surface area contributed by atoms with E-state index in [1.165, 1.54) is 0 Å². The smallest absolute Gasteiger partial charge is 0.211 e. The van der Waals surface area contributed by atoms with Crippen LogP contribution >= 0.6 is 15.9 Å². The number of carbonyl (C=O) groups excluding carboxylic acids is 1. The lowest BCUT2D eigenvalue weighted by molar-refractivity contribution is 0.103. The molecule has 0 bridgehead atoms. The van der Waals surface area contributed by atoms with Gasteiger partial charge in [-0.3, -0.25) is 9.78 Å². The molecule has 2 nitrogen and oxygen atoms in total. The molecule has 0 saturated heterocycles. The third kappa shape index (κ3) is 2.80. The van der Waals surface area contributed by atoms with Gasteiger partial charge in [-0.05, 0) is 54.0 Å². The van der Waals surface area contributed by atoms with Crippen LogP contribution in [0, 0.1) is 13.8 Å². The van der Waals surface area contributed by atoms with Crippen LogP contribution in [0.5, 0.6) is 0 Å². The Labute approximate surface area is 109 Å². The molecule has 3 heteroatoms. The Hall–Kier alpha value is -1.48. The van der Waals surface area contributed by atoms with Crippen molar-refractivity contribution in [2.24, 2.45) is 0 Å². The maximum Gasteiger partial charge on any atom is 0.211 e. The summed E-state index contributed by atoms with van der Waals surface area (Å²) >= 11 is 3.30. The molecule has 0 spiro atoms. The summed E-state index contributed by atoms with van der Waals surface area (Å²) in [5.74, 6) is -0.0377. The van der Waals surface area contributed by atoms with Crippen molar-refractivity contribution in [3.05, 3.63) is 63.4 Å².